The summed E-state index contributed by atoms with van der Waals surface area (Å²) in [5.74, 6) is 0.0959. The van der Waals surface area contributed by atoms with Gasteiger partial charge in [-0.2, -0.15) is 0 Å². The second-order valence-electron chi connectivity index (χ2n) is 4.85. The summed E-state index contributed by atoms with van der Waals surface area (Å²) in [5.41, 5.74) is 0.425. The highest BCUT2D eigenvalue weighted by atomic mass is 31.2. The van der Waals surface area contributed by atoms with Crippen LogP contribution in [0.4, 0.5) is 0 Å². The third-order valence-corrected chi connectivity index (χ3v) is 4.45. The fraction of sp³-hybridized carbons (Fsp3) is 0.118. The minimum Gasteiger partial charge on any atom is -0.454 e. The van der Waals surface area contributed by atoms with Crippen LogP contribution >= 0.6 is 7.82 Å². The van der Waals surface area contributed by atoms with Gasteiger partial charge in [0.25, 0.3) is 0 Å². The molecule has 1 aliphatic rings. The molecule has 0 N–H and O–H groups in total. The zero-order valence-corrected chi connectivity index (χ0v) is 13.6. The van der Waals surface area contributed by atoms with Crippen LogP contribution in [-0.4, -0.2) is 19.2 Å². The molecule has 0 bridgehead atoms. The van der Waals surface area contributed by atoms with Crippen LogP contribution in [0.25, 0.3) is 0 Å². The largest absolute Gasteiger partial charge is 0.587 e. The van der Waals surface area contributed by atoms with Gasteiger partial charge in [0.05, 0.1) is 12.2 Å². The van der Waals surface area contributed by atoms with Crippen molar-refractivity contribution in [3.8, 4) is 5.75 Å². The Balaban J connectivity index is 1.58. The fourth-order valence-corrected chi connectivity index (χ4v) is 3.16. The van der Waals surface area contributed by atoms with Crippen molar-refractivity contribution < 1.29 is 27.7 Å². The molecule has 0 amide bonds. The Labute approximate surface area is 139 Å². The van der Waals surface area contributed by atoms with Crippen LogP contribution in [0.15, 0.2) is 72.5 Å². The number of esters is 1. The average Bonchev–Trinajstić information content (AvgIpc) is 2.61. The van der Waals surface area contributed by atoms with E-state index in [0.717, 1.165) is 0 Å². The maximum atomic E-state index is 12.5. The van der Waals surface area contributed by atoms with E-state index in [9.17, 15) is 9.36 Å². The second-order valence-corrected chi connectivity index (χ2v) is 6.37. The molecule has 0 aromatic heterocycles. The van der Waals surface area contributed by atoms with Crippen molar-refractivity contribution in [2.24, 2.45) is 0 Å². The summed E-state index contributed by atoms with van der Waals surface area (Å²) < 4.78 is 33.3. The summed E-state index contributed by atoms with van der Waals surface area (Å²) in [5, 5.41) is 0. The summed E-state index contributed by atoms with van der Waals surface area (Å²) in [6.07, 6.45) is 1.54. The summed E-state index contributed by atoms with van der Waals surface area (Å²) in [4.78, 5) is 11.9. The fourth-order valence-electron chi connectivity index (χ4n) is 1.96. The molecule has 6 nitrogen and oxygen atoms in total. The molecule has 1 aliphatic heterocycles. The van der Waals surface area contributed by atoms with Gasteiger partial charge in [-0.15, -0.1) is 0 Å². The summed E-state index contributed by atoms with van der Waals surface area (Å²) >= 11 is 0. The van der Waals surface area contributed by atoms with Crippen LogP contribution in [0.3, 0.4) is 0 Å². The zero-order chi connectivity index (χ0) is 16.8. The Bertz CT molecular complexity index is 772. The van der Waals surface area contributed by atoms with Crippen LogP contribution < -0.4 is 4.52 Å². The van der Waals surface area contributed by atoms with Gasteiger partial charge < -0.3 is 13.8 Å². The van der Waals surface area contributed by atoms with E-state index in [2.05, 4.69) is 0 Å². The van der Waals surface area contributed by atoms with Crippen molar-refractivity contribution in [3.63, 3.8) is 0 Å². The molecule has 0 radical (unpaired) electrons. The third kappa shape index (κ3) is 4.25. The van der Waals surface area contributed by atoms with Crippen molar-refractivity contribution in [2.75, 3.05) is 13.2 Å². The van der Waals surface area contributed by atoms with Gasteiger partial charge in [0.2, 0.25) is 0 Å². The second kappa shape index (κ2) is 7.34. The van der Waals surface area contributed by atoms with Crippen molar-refractivity contribution in [1.82, 2.24) is 0 Å². The first kappa shape index (κ1) is 16.3. The summed E-state index contributed by atoms with van der Waals surface area (Å²) in [6, 6.07) is 17.1. The Morgan fingerprint density at radius 1 is 1.04 bits per heavy atom. The molecule has 2 aromatic rings. The minimum atomic E-state index is -3.78. The van der Waals surface area contributed by atoms with E-state index in [0.29, 0.717) is 11.3 Å². The smallest absolute Gasteiger partial charge is 0.454 e. The first-order valence-electron chi connectivity index (χ1n) is 7.25. The van der Waals surface area contributed by atoms with Gasteiger partial charge in [-0.3, -0.25) is 4.52 Å². The Kier molecular flexibility index (Phi) is 4.99. The number of ether oxygens (including phenoxy) is 1. The van der Waals surface area contributed by atoms with E-state index >= 15 is 0 Å². The summed E-state index contributed by atoms with van der Waals surface area (Å²) in [6.45, 7) is -0.110. The zero-order valence-electron chi connectivity index (χ0n) is 12.7. The predicted octanol–water partition coefficient (Wildman–Crippen LogP) is 3.96. The van der Waals surface area contributed by atoms with Gasteiger partial charge in [0.15, 0.2) is 0 Å². The lowest BCUT2D eigenvalue weighted by Gasteiger charge is -2.23. The molecule has 7 heteroatoms. The number of rotatable bonds is 5. The molecule has 0 aliphatic carbocycles. The van der Waals surface area contributed by atoms with Gasteiger partial charge in [0.1, 0.15) is 18.1 Å². The van der Waals surface area contributed by atoms with Crippen LogP contribution in [0, 0.1) is 0 Å². The van der Waals surface area contributed by atoms with Gasteiger partial charge in [-0.05, 0) is 30.3 Å². The molecular formula is C17H15O6P. The number of hydrogen-bond acceptors (Lipinski definition) is 6. The van der Waals surface area contributed by atoms with Crippen LogP contribution in [0.5, 0.6) is 5.75 Å². The highest BCUT2D eigenvalue weighted by Gasteiger charge is 2.34. The standard InChI is InChI=1S/C17H15O6P/c18-17(14-7-3-1-4-8-14)20-13-16-11-12-21-24(19,23-16)22-15-9-5-2-6-10-15/h1-11H,12-13H2. The topological polar surface area (TPSA) is 71.1 Å². The number of para-hydroxylation sites is 1. The minimum absolute atomic E-state index is 0.0440. The van der Waals surface area contributed by atoms with Crippen LogP contribution in [-0.2, 0) is 18.3 Å². The number of hydrogen-bond donors (Lipinski definition) is 0. The number of phosphoric acid groups is 1. The Morgan fingerprint density at radius 3 is 2.42 bits per heavy atom. The third-order valence-electron chi connectivity index (χ3n) is 3.09. The van der Waals surface area contributed by atoms with E-state index in [1.807, 2.05) is 0 Å². The van der Waals surface area contributed by atoms with Crippen molar-refractivity contribution in [1.29, 1.82) is 0 Å². The van der Waals surface area contributed by atoms with E-state index in [-0.39, 0.29) is 19.0 Å². The molecular weight excluding hydrogens is 331 g/mol. The van der Waals surface area contributed by atoms with Gasteiger partial charge in [0, 0.05) is 0 Å². The highest BCUT2D eigenvalue weighted by Crippen LogP contribution is 2.53. The number of carbonyl (C=O) groups excluding carboxylic acids is 1. The van der Waals surface area contributed by atoms with Gasteiger partial charge in [-0.1, -0.05) is 36.4 Å². The first-order chi connectivity index (χ1) is 11.6. The molecule has 0 saturated carbocycles. The monoisotopic (exact) mass is 346 g/mol. The van der Waals surface area contributed by atoms with Crippen molar-refractivity contribution >= 4 is 13.8 Å². The number of carbonyl (C=O) groups is 1. The molecule has 1 atom stereocenters. The van der Waals surface area contributed by atoms with E-state index in [1.54, 1.807) is 66.7 Å². The number of benzene rings is 2. The maximum absolute atomic E-state index is 12.5. The SMILES string of the molecule is O=C(OCC1=CCOP(=O)(Oc2ccccc2)O1)c1ccccc1. The molecule has 24 heavy (non-hydrogen) atoms. The van der Waals surface area contributed by atoms with E-state index in [1.165, 1.54) is 0 Å². The molecule has 0 saturated heterocycles. The molecule has 3 rings (SSSR count). The van der Waals surface area contributed by atoms with Crippen molar-refractivity contribution in [3.05, 3.63) is 78.1 Å². The molecule has 0 fully saturated rings. The van der Waals surface area contributed by atoms with Crippen LogP contribution in [0.1, 0.15) is 10.4 Å². The van der Waals surface area contributed by atoms with E-state index in [4.69, 9.17) is 18.3 Å². The molecule has 1 heterocycles. The predicted molar refractivity (Wildman–Crippen MR) is 86.5 cm³/mol. The molecule has 2 aromatic carbocycles. The lowest BCUT2D eigenvalue weighted by molar-refractivity contribution is 0.0483. The molecule has 1 unspecified atom stereocenters. The Hall–Kier alpha value is -2.56. The quantitative estimate of drug-likeness (QED) is 0.603. The maximum Gasteiger partial charge on any atom is 0.587 e. The molecule has 124 valence electrons. The summed E-state index contributed by atoms with van der Waals surface area (Å²) in [7, 11) is -3.78. The highest BCUT2D eigenvalue weighted by molar-refractivity contribution is 7.49. The lowest BCUT2D eigenvalue weighted by atomic mass is 10.2. The van der Waals surface area contributed by atoms with Crippen molar-refractivity contribution in [2.45, 2.75) is 0 Å². The van der Waals surface area contributed by atoms with Gasteiger partial charge in [-0.25, -0.2) is 9.36 Å². The van der Waals surface area contributed by atoms with Crippen LogP contribution in [0.2, 0.25) is 0 Å². The normalized spacial score (nSPS) is 19.8. The number of phosphoric ester groups is 1. The van der Waals surface area contributed by atoms with Gasteiger partial charge >= 0.3 is 13.8 Å². The van der Waals surface area contributed by atoms with E-state index < -0.39 is 13.8 Å². The lowest BCUT2D eigenvalue weighted by Crippen LogP contribution is -2.14. The Morgan fingerprint density at radius 2 is 1.71 bits per heavy atom. The average molecular weight is 346 g/mol. The molecule has 0 spiro atoms. The first-order valence-corrected chi connectivity index (χ1v) is 8.71.